The third-order valence-electron chi connectivity index (χ3n) is 4.29. The molecule has 0 aliphatic carbocycles. The highest BCUT2D eigenvalue weighted by Gasteiger charge is 2.34. The van der Waals surface area contributed by atoms with E-state index in [0.29, 0.717) is 13.0 Å². The number of amides is 4. The first kappa shape index (κ1) is 22.1. The van der Waals surface area contributed by atoms with E-state index in [1.165, 1.54) is 13.1 Å². The van der Waals surface area contributed by atoms with Gasteiger partial charge in [0.1, 0.15) is 5.15 Å². The fraction of sp³-hybridized carbons (Fsp3) is 0.412. The molecule has 11 nitrogen and oxygen atoms in total. The highest BCUT2D eigenvalue weighted by Crippen LogP contribution is 2.21. The number of ketones is 1. The van der Waals surface area contributed by atoms with Crippen LogP contribution in [0.15, 0.2) is 12.3 Å². The molecule has 1 aliphatic heterocycles. The van der Waals surface area contributed by atoms with Crippen LogP contribution >= 0.6 is 11.6 Å². The maximum atomic E-state index is 12.8. The van der Waals surface area contributed by atoms with Gasteiger partial charge in [0.2, 0.25) is 11.7 Å². The summed E-state index contributed by atoms with van der Waals surface area (Å²) in [6.45, 7) is 0.450. The molecule has 4 amide bonds. The molecule has 29 heavy (non-hydrogen) atoms. The van der Waals surface area contributed by atoms with Crippen molar-refractivity contribution < 1.29 is 28.7 Å². The van der Waals surface area contributed by atoms with Gasteiger partial charge in [-0.05, 0) is 18.9 Å². The number of pyridine rings is 1. The topological polar surface area (TPSA) is 156 Å². The molecule has 2 heterocycles. The van der Waals surface area contributed by atoms with E-state index in [0.717, 1.165) is 13.3 Å². The van der Waals surface area contributed by atoms with Crippen LogP contribution in [-0.2, 0) is 19.1 Å². The monoisotopic (exact) mass is 425 g/mol. The summed E-state index contributed by atoms with van der Waals surface area (Å²) in [5, 5.41) is 9.57. The lowest BCUT2D eigenvalue weighted by molar-refractivity contribution is -0.139. The van der Waals surface area contributed by atoms with Gasteiger partial charge in [-0.2, -0.15) is 0 Å². The maximum absolute atomic E-state index is 12.8. The second kappa shape index (κ2) is 9.82. The number of aromatic nitrogens is 1. The number of ether oxygens (including phenoxy) is 1. The Morgan fingerprint density at radius 3 is 2.69 bits per heavy atom. The van der Waals surface area contributed by atoms with E-state index in [1.807, 2.05) is 0 Å². The highest BCUT2D eigenvalue weighted by atomic mass is 35.5. The van der Waals surface area contributed by atoms with Gasteiger partial charge in [-0.3, -0.25) is 24.5 Å². The Labute approximate surface area is 170 Å². The molecule has 0 spiro atoms. The quantitative estimate of drug-likeness (QED) is 0.349. The highest BCUT2D eigenvalue weighted by molar-refractivity contribution is 6.38. The number of anilines is 1. The molecule has 1 aromatic rings. The summed E-state index contributed by atoms with van der Waals surface area (Å²) < 4.78 is 4.49. The molecular weight excluding hydrogens is 406 g/mol. The Hall–Kier alpha value is -3.21. The zero-order valence-electron chi connectivity index (χ0n) is 15.7. The Morgan fingerprint density at radius 1 is 1.38 bits per heavy atom. The lowest BCUT2D eigenvalue weighted by Crippen LogP contribution is -2.48. The predicted molar refractivity (Wildman–Crippen MR) is 101 cm³/mol. The molecule has 0 saturated carbocycles. The zero-order chi connectivity index (χ0) is 21.6. The van der Waals surface area contributed by atoms with Gasteiger partial charge in [0.25, 0.3) is 11.8 Å². The molecule has 1 aromatic heterocycles. The van der Waals surface area contributed by atoms with Crippen molar-refractivity contribution in [3.63, 3.8) is 0 Å². The van der Waals surface area contributed by atoms with Gasteiger partial charge in [0, 0.05) is 19.5 Å². The summed E-state index contributed by atoms with van der Waals surface area (Å²) in [4.78, 5) is 64.2. The van der Waals surface area contributed by atoms with Crippen LogP contribution < -0.4 is 21.3 Å². The molecule has 4 N–H and O–H groups in total. The summed E-state index contributed by atoms with van der Waals surface area (Å²) >= 11 is 5.84. The van der Waals surface area contributed by atoms with Crippen LogP contribution in [0.1, 0.15) is 23.2 Å². The molecule has 2 unspecified atom stereocenters. The molecule has 1 fully saturated rings. The second-order valence-corrected chi connectivity index (χ2v) is 6.54. The number of nitrogens with one attached hydrogen (secondary N) is 4. The molecule has 0 bridgehead atoms. The SMILES string of the molecule is CNC(=O)C(=O)C(CC1CCNC1=O)NC(=O)c1cc(Cl)ncc1NC(=O)OC. The van der Waals surface area contributed by atoms with Crippen LogP contribution in [0.2, 0.25) is 5.15 Å². The summed E-state index contributed by atoms with van der Waals surface area (Å²) in [7, 11) is 2.42. The summed E-state index contributed by atoms with van der Waals surface area (Å²) in [5.74, 6) is -3.38. The van der Waals surface area contributed by atoms with Crippen molar-refractivity contribution in [3.05, 3.63) is 23.0 Å². The summed E-state index contributed by atoms with van der Waals surface area (Å²) in [6.07, 6.45) is 0.725. The van der Waals surface area contributed by atoms with Gasteiger partial charge in [0.15, 0.2) is 0 Å². The molecule has 2 atom stereocenters. The number of carbonyl (C=O) groups excluding carboxylic acids is 5. The predicted octanol–water partition coefficient (Wildman–Crippen LogP) is -0.147. The largest absolute Gasteiger partial charge is 0.453 e. The standard InChI is InChI=1S/C17H20ClN5O6/c1-19-16(27)13(24)10(5-8-3-4-20-14(8)25)22-15(26)9-6-12(18)21-7-11(9)23-17(28)29-2/h6-8,10H,3-5H2,1-2H3,(H,19,27)(H,20,25)(H,22,26)(H,23,28). The molecule has 1 aliphatic rings. The van der Waals surface area contributed by atoms with Crippen LogP contribution in [0.5, 0.6) is 0 Å². The minimum atomic E-state index is -1.26. The van der Waals surface area contributed by atoms with Gasteiger partial charge >= 0.3 is 6.09 Å². The number of hydrogen-bond donors (Lipinski definition) is 4. The smallest absolute Gasteiger partial charge is 0.411 e. The first-order valence-electron chi connectivity index (χ1n) is 8.61. The number of hydrogen-bond acceptors (Lipinski definition) is 7. The van der Waals surface area contributed by atoms with E-state index < -0.39 is 35.7 Å². The fourth-order valence-electron chi connectivity index (χ4n) is 2.78. The normalized spacial score (nSPS) is 16.4. The van der Waals surface area contributed by atoms with Crippen LogP contribution in [-0.4, -0.2) is 61.3 Å². The number of methoxy groups -OCH3 is 1. The lowest BCUT2D eigenvalue weighted by Gasteiger charge is -2.20. The van der Waals surface area contributed by atoms with E-state index in [1.54, 1.807) is 0 Å². The minimum absolute atomic E-state index is 0.0106. The maximum Gasteiger partial charge on any atom is 0.411 e. The van der Waals surface area contributed by atoms with E-state index in [9.17, 15) is 24.0 Å². The number of halogens is 1. The van der Waals surface area contributed by atoms with E-state index in [4.69, 9.17) is 11.6 Å². The molecular formula is C17H20ClN5O6. The van der Waals surface area contributed by atoms with E-state index in [2.05, 4.69) is 31.0 Å². The first-order chi connectivity index (χ1) is 13.8. The van der Waals surface area contributed by atoms with E-state index in [-0.39, 0.29) is 28.7 Å². The minimum Gasteiger partial charge on any atom is -0.453 e. The van der Waals surface area contributed by atoms with Crippen molar-refractivity contribution >= 4 is 46.9 Å². The van der Waals surface area contributed by atoms with Crippen LogP contribution in [0, 0.1) is 5.92 Å². The zero-order valence-corrected chi connectivity index (χ0v) is 16.5. The number of rotatable bonds is 7. The number of carbonyl (C=O) groups is 5. The number of likely N-dealkylation sites (N-methyl/N-ethyl adjacent to an activating group) is 1. The Morgan fingerprint density at radius 2 is 2.10 bits per heavy atom. The van der Waals surface area contributed by atoms with Crippen molar-refractivity contribution in [2.45, 2.75) is 18.9 Å². The Kier molecular flexibility index (Phi) is 7.48. The van der Waals surface area contributed by atoms with Crippen molar-refractivity contribution in [2.24, 2.45) is 5.92 Å². The summed E-state index contributed by atoms with van der Waals surface area (Å²) in [5.41, 5.74) is -0.107. The van der Waals surface area contributed by atoms with Gasteiger partial charge < -0.3 is 20.7 Å². The van der Waals surface area contributed by atoms with Gasteiger partial charge in [-0.1, -0.05) is 11.6 Å². The van der Waals surface area contributed by atoms with Gasteiger partial charge in [-0.25, -0.2) is 9.78 Å². The third kappa shape index (κ3) is 5.64. The Balaban J connectivity index is 2.27. The number of Topliss-reactive ketones (excluding diaryl/α,β-unsaturated/α-hetero) is 1. The summed E-state index contributed by atoms with van der Waals surface area (Å²) in [6, 6.07) is -0.0690. The second-order valence-electron chi connectivity index (χ2n) is 6.15. The fourth-order valence-corrected chi connectivity index (χ4v) is 2.94. The molecule has 12 heteroatoms. The molecule has 0 radical (unpaired) electrons. The van der Waals surface area contributed by atoms with Crippen LogP contribution in [0.4, 0.5) is 10.5 Å². The van der Waals surface area contributed by atoms with E-state index >= 15 is 0 Å². The molecule has 156 valence electrons. The van der Waals surface area contributed by atoms with Crippen molar-refractivity contribution in [1.82, 2.24) is 20.9 Å². The number of nitrogens with zero attached hydrogens (tertiary/aromatic N) is 1. The van der Waals surface area contributed by atoms with Crippen LogP contribution in [0.25, 0.3) is 0 Å². The van der Waals surface area contributed by atoms with Crippen LogP contribution in [0.3, 0.4) is 0 Å². The first-order valence-corrected chi connectivity index (χ1v) is 8.99. The average molecular weight is 426 g/mol. The molecule has 2 rings (SSSR count). The van der Waals surface area contributed by atoms with Crippen molar-refractivity contribution in [2.75, 3.05) is 26.0 Å². The lowest BCUT2D eigenvalue weighted by atomic mass is 9.95. The van der Waals surface area contributed by atoms with Gasteiger partial charge in [0.05, 0.1) is 30.6 Å². The van der Waals surface area contributed by atoms with Crippen molar-refractivity contribution in [1.29, 1.82) is 0 Å². The van der Waals surface area contributed by atoms with Crippen molar-refractivity contribution in [3.8, 4) is 0 Å². The average Bonchev–Trinajstić information content (AvgIpc) is 3.11. The van der Waals surface area contributed by atoms with Gasteiger partial charge in [-0.15, -0.1) is 0 Å². The third-order valence-corrected chi connectivity index (χ3v) is 4.50. The Bertz CT molecular complexity index is 846. The molecule has 0 aromatic carbocycles. The molecule has 1 saturated heterocycles.